The lowest BCUT2D eigenvalue weighted by atomic mass is 10.1. The molecular weight excluding hydrogens is 376 g/mol. The summed E-state index contributed by atoms with van der Waals surface area (Å²) in [5, 5.41) is 22.9. The standard InChI is InChI=1S/C16H18N4O6S/c21-14-5-4-11(7-13(14)20-10-15(22)18-27(20,25)26)12-8-17-19(9-12)6-2-1-3-16(23)24/h4-5,7-9,21H,1-3,6,10H2,(H,18,22)(H,23,24). The Morgan fingerprint density at radius 1 is 1.26 bits per heavy atom. The van der Waals surface area contributed by atoms with E-state index >= 15 is 0 Å². The smallest absolute Gasteiger partial charge is 0.326 e. The Bertz CT molecular complexity index is 985. The maximum atomic E-state index is 12.0. The summed E-state index contributed by atoms with van der Waals surface area (Å²) in [5.74, 6) is -1.77. The molecule has 1 aromatic heterocycles. The van der Waals surface area contributed by atoms with Crippen LogP contribution in [0.3, 0.4) is 0 Å². The normalized spacial score (nSPS) is 15.7. The Kier molecular flexibility index (Phi) is 5.04. The number of unbranched alkanes of at least 4 members (excludes halogenated alkanes) is 1. The van der Waals surface area contributed by atoms with E-state index in [1.54, 1.807) is 23.1 Å². The molecule has 10 nitrogen and oxygen atoms in total. The summed E-state index contributed by atoms with van der Waals surface area (Å²) in [5.41, 5.74) is 1.32. The van der Waals surface area contributed by atoms with Crippen LogP contribution in [0.25, 0.3) is 11.1 Å². The Morgan fingerprint density at radius 3 is 2.70 bits per heavy atom. The molecule has 3 rings (SSSR count). The number of carbonyl (C=O) groups excluding carboxylic acids is 1. The van der Waals surface area contributed by atoms with E-state index in [1.165, 1.54) is 12.1 Å². The van der Waals surface area contributed by atoms with Crippen molar-refractivity contribution in [3.63, 3.8) is 0 Å². The number of hydrogen-bond acceptors (Lipinski definition) is 6. The molecule has 3 N–H and O–H groups in total. The number of aryl methyl sites for hydroxylation is 1. The van der Waals surface area contributed by atoms with Gasteiger partial charge in [-0.3, -0.25) is 14.3 Å². The van der Waals surface area contributed by atoms with Gasteiger partial charge in [-0.25, -0.2) is 9.03 Å². The topological polar surface area (TPSA) is 142 Å². The number of amides is 1. The van der Waals surface area contributed by atoms with Crippen molar-refractivity contribution in [2.45, 2.75) is 25.8 Å². The molecule has 0 spiro atoms. The van der Waals surface area contributed by atoms with Gasteiger partial charge < -0.3 is 10.2 Å². The highest BCUT2D eigenvalue weighted by Crippen LogP contribution is 2.34. The second-order valence-electron chi connectivity index (χ2n) is 6.08. The van der Waals surface area contributed by atoms with E-state index in [0.29, 0.717) is 30.5 Å². The van der Waals surface area contributed by atoms with Crippen molar-refractivity contribution in [3.05, 3.63) is 30.6 Å². The van der Waals surface area contributed by atoms with Crippen LogP contribution in [-0.2, 0) is 26.3 Å². The molecule has 11 heteroatoms. The molecular formula is C16H18N4O6S. The summed E-state index contributed by atoms with van der Waals surface area (Å²) >= 11 is 0. The van der Waals surface area contributed by atoms with Gasteiger partial charge in [0.2, 0.25) is 0 Å². The summed E-state index contributed by atoms with van der Waals surface area (Å²) in [6.07, 6.45) is 4.65. The molecule has 0 atom stereocenters. The largest absolute Gasteiger partial charge is 0.506 e. The number of aliphatic carboxylic acids is 1. The highest BCUT2D eigenvalue weighted by molar-refractivity contribution is 7.92. The van der Waals surface area contributed by atoms with E-state index in [9.17, 15) is 23.1 Å². The van der Waals surface area contributed by atoms with Crippen molar-refractivity contribution in [3.8, 4) is 16.9 Å². The molecule has 1 amide bonds. The van der Waals surface area contributed by atoms with Gasteiger partial charge in [-0.2, -0.15) is 13.5 Å². The van der Waals surface area contributed by atoms with Crippen LogP contribution in [-0.4, -0.2) is 46.8 Å². The van der Waals surface area contributed by atoms with E-state index in [2.05, 4.69) is 5.10 Å². The van der Waals surface area contributed by atoms with Crippen LogP contribution < -0.4 is 9.03 Å². The highest BCUT2D eigenvalue weighted by atomic mass is 32.2. The Hall–Kier alpha value is -3.08. The fourth-order valence-electron chi connectivity index (χ4n) is 2.75. The molecule has 1 saturated heterocycles. The maximum Gasteiger partial charge on any atom is 0.326 e. The van der Waals surface area contributed by atoms with Gasteiger partial charge in [0.05, 0.1) is 11.9 Å². The van der Waals surface area contributed by atoms with Gasteiger partial charge in [-0.15, -0.1) is 0 Å². The molecule has 144 valence electrons. The third kappa shape index (κ3) is 4.19. The van der Waals surface area contributed by atoms with Crippen LogP contribution >= 0.6 is 0 Å². The Labute approximate surface area is 155 Å². The number of aromatic nitrogens is 2. The number of hydrogen-bond donors (Lipinski definition) is 3. The number of rotatable bonds is 7. The summed E-state index contributed by atoms with van der Waals surface area (Å²) < 4.78 is 28.3. The van der Waals surface area contributed by atoms with E-state index in [-0.39, 0.29) is 17.9 Å². The third-order valence-electron chi connectivity index (χ3n) is 4.06. The second kappa shape index (κ2) is 7.27. The molecule has 1 fully saturated rings. The van der Waals surface area contributed by atoms with Crippen molar-refractivity contribution in [1.82, 2.24) is 14.5 Å². The Morgan fingerprint density at radius 2 is 2.04 bits per heavy atom. The number of phenols is 1. The first-order valence-electron chi connectivity index (χ1n) is 8.17. The highest BCUT2D eigenvalue weighted by Gasteiger charge is 2.35. The maximum absolute atomic E-state index is 12.0. The minimum atomic E-state index is -4.02. The summed E-state index contributed by atoms with van der Waals surface area (Å²) in [6, 6.07) is 4.44. The van der Waals surface area contributed by atoms with Crippen LogP contribution in [0, 0.1) is 0 Å². The fraction of sp³-hybridized carbons (Fsp3) is 0.312. The number of nitrogens with one attached hydrogen (secondary N) is 1. The van der Waals surface area contributed by atoms with Crippen LogP contribution in [0.1, 0.15) is 19.3 Å². The molecule has 0 radical (unpaired) electrons. The van der Waals surface area contributed by atoms with E-state index < -0.39 is 28.6 Å². The van der Waals surface area contributed by atoms with E-state index in [1.807, 2.05) is 4.72 Å². The molecule has 2 heterocycles. The number of anilines is 1. The molecule has 2 aromatic rings. The van der Waals surface area contributed by atoms with Crippen LogP contribution in [0.15, 0.2) is 30.6 Å². The third-order valence-corrected chi connectivity index (χ3v) is 5.45. The zero-order chi connectivity index (χ0) is 19.6. The van der Waals surface area contributed by atoms with Crippen molar-refractivity contribution < 1.29 is 28.2 Å². The first kappa shape index (κ1) is 18.7. The lowest BCUT2D eigenvalue weighted by molar-refractivity contribution is -0.137. The van der Waals surface area contributed by atoms with Gasteiger partial charge in [0.25, 0.3) is 5.91 Å². The van der Waals surface area contributed by atoms with Crippen LogP contribution in [0.2, 0.25) is 0 Å². The molecule has 1 aliphatic heterocycles. The predicted octanol–water partition coefficient (Wildman–Crippen LogP) is 0.692. The molecule has 1 aliphatic rings. The number of carboxylic acids is 1. The number of phenolic OH excluding ortho intramolecular Hbond substituents is 1. The van der Waals surface area contributed by atoms with Gasteiger partial charge in [-0.05, 0) is 30.5 Å². The summed E-state index contributed by atoms with van der Waals surface area (Å²) in [6.45, 7) is 0.152. The number of carboxylic acid groups (broad SMARTS) is 1. The number of aromatic hydroxyl groups is 1. The van der Waals surface area contributed by atoms with Gasteiger partial charge in [0, 0.05) is 24.7 Å². The summed E-state index contributed by atoms with van der Waals surface area (Å²) in [4.78, 5) is 21.9. The average molecular weight is 394 g/mol. The molecule has 0 aliphatic carbocycles. The van der Waals surface area contributed by atoms with Gasteiger partial charge in [-0.1, -0.05) is 6.07 Å². The number of nitrogens with zero attached hydrogens (tertiary/aromatic N) is 3. The molecule has 0 unspecified atom stereocenters. The lowest BCUT2D eigenvalue weighted by Gasteiger charge is -2.16. The van der Waals surface area contributed by atoms with Crippen molar-refractivity contribution in [1.29, 1.82) is 0 Å². The first-order valence-corrected chi connectivity index (χ1v) is 9.61. The monoisotopic (exact) mass is 394 g/mol. The van der Waals surface area contributed by atoms with Crippen molar-refractivity contribution in [2.24, 2.45) is 0 Å². The molecule has 0 bridgehead atoms. The van der Waals surface area contributed by atoms with Gasteiger partial charge in [0.1, 0.15) is 12.3 Å². The molecule has 0 saturated carbocycles. The van der Waals surface area contributed by atoms with Gasteiger partial charge >= 0.3 is 16.2 Å². The zero-order valence-corrected chi connectivity index (χ0v) is 15.0. The van der Waals surface area contributed by atoms with Crippen molar-refractivity contribution in [2.75, 3.05) is 10.8 Å². The van der Waals surface area contributed by atoms with Crippen LogP contribution in [0.4, 0.5) is 5.69 Å². The zero-order valence-electron chi connectivity index (χ0n) is 14.2. The van der Waals surface area contributed by atoms with Crippen LogP contribution in [0.5, 0.6) is 5.75 Å². The number of carbonyl (C=O) groups is 2. The SMILES string of the molecule is O=C(O)CCCCn1cc(-c2ccc(O)c(N3CC(=O)NS3(=O)=O)c2)cn1. The predicted molar refractivity (Wildman–Crippen MR) is 95.2 cm³/mol. The first-order chi connectivity index (χ1) is 12.8. The van der Waals surface area contributed by atoms with Gasteiger partial charge in [0.15, 0.2) is 0 Å². The molecule has 1 aromatic carbocycles. The minimum absolute atomic E-state index is 0.0000539. The minimum Gasteiger partial charge on any atom is -0.506 e. The average Bonchev–Trinajstić information content (AvgIpc) is 3.15. The quantitative estimate of drug-likeness (QED) is 0.587. The van der Waals surface area contributed by atoms with Crippen molar-refractivity contribution >= 4 is 27.8 Å². The lowest BCUT2D eigenvalue weighted by Crippen LogP contribution is -2.29. The number of benzene rings is 1. The fourth-order valence-corrected chi connectivity index (χ4v) is 3.90. The summed E-state index contributed by atoms with van der Waals surface area (Å²) in [7, 11) is -4.02. The van der Waals surface area contributed by atoms with E-state index in [4.69, 9.17) is 5.11 Å². The molecule has 27 heavy (non-hydrogen) atoms. The van der Waals surface area contributed by atoms with E-state index in [0.717, 1.165) is 4.31 Å². The second-order valence-corrected chi connectivity index (χ2v) is 7.68. The Balaban J connectivity index is 1.79.